The summed E-state index contributed by atoms with van der Waals surface area (Å²) in [6, 6.07) is 10.3. The summed E-state index contributed by atoms with van der Waals surface area (Å²) in [5.41, 5.74) is 7.13. The molecule has 0 atom stereocenters. The number of rotatable bonds is 4. The lowest BCUT2D eigenvalue weighted by Gasteiger charge is -2.37. The molecule has 168 valence electrons. The Morgan fingerprint density at radius 3 is 2.41 bits per heavy atom. The molecule has 2 aliphatic rings. The summed E-state index contributed by atoms with van der Waals surface area (Å²) >= 11 is 0. The van der Waals surface area contributed by atoms with Gasteiger partial charge in [-0.3, -0.25) is 4.79 Å². The summed E-state index contributed by atoms with van der Waals surface area (Å²) < 4.78 is 13.5. The number of nitrogens with zero attached hydrogens (tertiary/aromatic N) is 4. The van der Waals surface area contributed by atoms with E-state index in [0.29, 0.717) is 39.1 Å². The molecule has 3 aromatic rings. The smallest absolute Gasteiger partial charge is 0.222 e. The van der Waals surface area contributed by atoms with Crippen molar-refractivity contribution < 1.29 is 14.3 Å². The highest BCUT2D eigenvalue weighted by atomic mass is 16.7. The molecule has 1 aromatic carbocycles. The second-order valence-electron chi connectivity index (χ2n) is 8.81. The van der Waals surface area contributed by atoms with E-state index < -0.39 is 5.79 Å². The van der Waals surface area contributed by atoms with Gasteiger partial charge < -0.3 is 14.4 Å². The van der Waals surface area contributed by atoms with Gasteiger partial charge in [-0.2, -0.15) is 5.10 Å². The van der Waals surface area contributed by atoms with Crippen molar-refractivity contribution in [3.63, 3.8) is 0 Å². The number of aryl methyl sites for hydroxylation is 3. The average Bonchev–Trinajstić information content (AvgIpc) is 3.38. The van der Waals surface area contributed by atoms with Crippen LogP contribution in [0.3, 0.4) is 0 Å². The van der Waals surface area contributed by atoms with Crippen LogP contribution >= 0.6 is 0 Å². The van der Waals surface area contributed by atoms with Crippen LogP contribution in [0.25, 0.3) is 16.8 Å². The minimum absolute atomic E-state index is 0.179. The van der Waals surface area contributed by atoms with Gasteiger partial charge in [-0.25, -0.2) is 9.50 Å². The lowest BCUT2D eigenvalue weighted by molar-refractivity contribution is -0.187. The van der Waals surface area contributed by atoms with Gasteiger partial charge in [0.15, 0.2) is 11.4 Å². The molecule has 0 saturated carbocycles. The second kappa shape index (κ2) is 8.30. The maximum Gasteiger partial charge on any atom is 0.222 e. The highest BCUT2D eigenvalue weighted by molar-refractivity contribution is 5.80. The fraction of sp³-hybridized carbons (Fsp3) is 0.480. The molecule has 7 nitrogen and oxygen atoms in total. The van der Waals surface area contributed by atoms with E-state index in [2.05, 4.69) is 19.1 Å². The van der Waals surface area contributed by atoms with Gasteiger partial charge in [0.2, 0.25) is 5.91 Å². The number of hydrogen-bond donors (Lipinski definition) is 0. The minimum atomic E-state index is -0.451. The van der Waals surface area contributed by atoms with Gasteiger partial charge in [-0.1, -0.05) is 30.3 Å². The number of piperidine rings is 1. The summed E-state index contributed by atoms with van der Waals surface area (Å²) in [6.07, 6.45) is 2.63. The van der Waals surface area contributed by atoms with Crippen LogP contribution in [0, 0.1) is 20.8 Å². The van der Waals surface area contributed by atoms with Crippen LogP contribution in [-0.2, 0) is 20.7 Å². The third kappa shape index (κ3) is 3.69. The van der Waals surface area contributed by atoms with Crippen molar-refractivity contribution in [2.75, 3.05) is 26.3 Å². The van der Waals surface area contributed by atoms with E-state index in [1.165, 1.54) is 0 Å². The maximum atomic E-state index is 12.9. The Bertz CT molecular complexity index is 1140. The van der Waals surface area contributed by atoms with Gasteiger partial charge in [0.05, 0.1) is 18.9 Å². The molecule has 2 aliphatic heterocycles. The molecule has 2 fully saturated rings. The molecule has 2 saturated heterocycles. The van der Waals surface area contributed by atoms with E-state index in [1.807, 2.05) is 41.5 Å². The Kier molecular flexibility index (Phi) is 5.47. The standard InChI is InChI=1S/C25H30N4O3/c1-17-21(9-10-22(30)28-13-11-25(12-14-28)31-15-16-32-25)19(3)29-24(26-17)23(18(2)27-29)20-7-5-4-6-8-20/h4-8H,9-16H2,1-3H3. The summed E-state index contributed by atoms with van der Waals surface area (Å²) in [7, 11) is 0. The first-order valence-electron chi connectivity index (χ1n) is 11.4. The van der Waals surface area contributed by atoms with Gasteiger partial charge in [0.25, 0.3) is 0 Å². The zero-order chi connectivity index (χ0) is 22.3. The van der Waals surface area contributed by atoms with Crippen molar-refractivity contribution in [3.8, 4) is 11.1 Å². The first kappa shape index (κ1) is 21.1. The van der Waals surface area contributed by atoms with E-state index in [0.717, 1.165) is 52.3 Å². The minimum Gasteiger partial charge on any atom is -0.347 e. The van der Waals surface area contributed by atoms with Crippen LogP contribution < -0.4 is 0 Å². The van der Waals surface area contributed by atoms with Gasteiger partial charge in [-0.15, -0.1) is 0 Å². The van der Waals surface area contributed by atoms with E-state index >= 15 is 0 Å². The van der Waals surface area contributed by atoms with Crippen molar-refractivity contribution in [2.45, 2.75) is 52.2 Å². The third-order valence-electron chi connectivity index (χ3n) is 6.84. The van der Waals surface area contributed by atoms with Crippen LogP contribution in [0.1, 0.15) is 41.9 Å². The molecule has 0 unspecified atom stereocenters. The molecular formula is C25H30N4O3. The Balaban J connectivity index is 1.33. The Hall–Kier alpha value is -2.77. The largest absolute Gasteiger partial charge is 0.347 e. The van der Waals surface area contributed by atoms with Crippen molar-refractivity contribution in [1.29, 1.82) is 0 Å². The number of amides is 1. The second-order valence-corrected chi connectivity index (χ2v) is 8.81. The Morgan fingerprint density at radius 1 is 1.03 bits per heavy atom. The highest BCUT2D eigenvalue weighted by Gasteiger charge is 2.40. The molecule has 0 N–H and O–H groups in total. The molecule has 32 heavy (non-hydrogen) atoms. The first-order valence-corrected chi connectivity index (χ1v) is 11.4. The number of aromatic nitrogens is 3. The summed E-state index contributed by atoms with van der Waals surface area (Å²) in [4.78, 5) is 19.8. The molecule has 5 rings (SSSR count). The summed E-state index contributed by atoms with van der Waals surface area (Å²) in [6.45, 7) is 8.81. The number of benzene rings is 1. The van der Waals surface area contributed by atoms with Crippen LogP contribution in [0.4, 0.5) is 0 Å². The molecule has 2 aromatic heterocycles. The number of fused-ring (bicyclic) bond motifs is 1. The van der Waals surface area contributed by atoms with Crippen LogP contribution in [0.2, 0.25) is 0 Å². The number of likely N-dealkylation sites (tertiary alicyclic amines) is 1. The maximum absolute atomic E-state index is 12.9. The number of hydrogen-bond acceptors (Lipinski definition) is 5. The number of ether oxygens (including phenoxy) is 2. The zero-order valence-corrected chi connectivity index (χ0v) is 19.1. The predicted molar refractivity (Wildman–Crippen MR) is 121 cm³/mol. The fourth-order valence-electron chi connectivity index (χ4n) is 5.05. The predicted octanol–water partition coefficient (Wildman–Crippen LogP) is 3.62. The van der Waals surface area contributed by atoms with E-state index in [9.17, 15) is 4.79 Å². The van der Waals surface area contributed by atoms with Gasteiger partial charge in [0.1, 0.15) is 0 Å². The summed E-state index contributed by atoms with van der Waals surface area (Å²) in [5.74, 6) is -0.272. The molecule has 0 aliphatic carbocycles. The van der Waals surface area contributed by atoms with Crippen molar-refractivity contribution in [1.82, 2.24) is 19.5 Å². The van der Waals surface area contributed by atoms with Crippen LogP contribution in [0.15, 0.2) is 30.3 Å². The SMILES string of the molecule is Cc1nc2c(-c3ccccc3)c(C)nn2c(C)c1CCC(=O)N1CCC2(CC1)OCCO2. The van der Waals surface area contributed by atoms with E-state index in [-0.39, 0.29) is 5.91 Å². The lowest BCUT2D eigenvalue weighted by Crippen LogP contribution is -2.47. The topological polar surface area (TPSA) is 69.0 Å². The lowest BCUT2D eigenvalue weighted by atomic mass is 10.0. The normalized spacial score (nSPS) is 18.0. The third-order valence-corrected chi connectivity index (χ3v) is 6.84. The quantitative estimate of drug-likeness (QED) is 0.627. The van der Waals surface area contributed by atoms with Crippen LogP contribution in [0.5, 0.6) is 0 Å². The number of carbonyl (C=O) groups is 1. The first-order chi connectivity index (χ1) is 15.5. The Morgan fingerprint density at radius 2 is 1.72 bits per heavy atom. The van der Waals surface area contributed by atoms with Crippen LogP contribution in [-0.4, -0.2) is 57.5 Å². The molecule has 1 spiro atoms. The van der Waals surface area contributed by atoms with E-state index in [4.69, 9.17) is 19.6 Å². The van der Waals surface area contributed by atoms with Gasteiger partial charge in [0, 0.05) is 49.3 Å². The average molecular weight is 435 g/mol. The van der Waals surface area contributed by atoms with Gasteiger partial charge in [-0.05, 0) is 38.3 Å². The van der Waals surface area contributed by atoms with E-state index in [1.54, 1.807) is 0 Å². The van der Waals surface area contributed by atoms with Crippen molar-refractivity contribution >= 4 is 11.6 Å². The molecule has 7 heteroatoms. The molecule has 4 heterocycles. The monoisotopic (exact) mass is 434 g/mol. The zero-order valence-electron chi connectivity index (χ0n) is 19.1. The molecule has 1 amide bonds. The van der Waals surface area contributed by atoms with Crippen molar-refractivity contribution in [3.05, 3.63) is 53.0 Å². The van der Waals surface area contributed by atoms with Crippen molar-refractivity contribution in [2.24, 2.45) is 0 Å². The highest BCUT2D eigenvalue weighted by Crippen LogP contribution is 2.32. The molecule has 0 bridgehead atoms. The summed E-state index contributed by atoms with van der Waals surface area (Å²) in [5, 5.41) is 4.78. The molecular weight excluding hydrogens is 404 g/mol. The fourth-order valence-corrected chi connectivity index (χ4v) is 5.05. The number of carbonyl (C=O) groups excluding carboxylic acids is 1. The Labute approximate surface area is 188 Å². The molecule has 0 radical (unpaired) electrons. The van der Waals surface area contributed by atoms with Gasteiger partial charge >= 0.3 is 0 Å².